The van der Waals surface area contributed by atoms with Crippen LogP contribution < -0.4 is 0 Å². The van der Waals surface area contributed by atoms with E-state index < -0.39 is 5.97 Å². The Morgan fingerprint density at radius 3 is 2.17 bits per heavy atom. The van der Waals surface area contributed by atoms with Gasteiger partial charge in [-0.3, -0.25) is 9.59 Å². The Labute approximate surface area is 187 Å². The van der Waals surface area contributed by atoms with Crippen LogP contribution in [0.15, 0.2) is 24.3 Å². The second kappa shape index (κ2) is 17.2. The first-order valence-electron chi connectivity index (χ1n) is 11.6. The molecule has 0 aliphatic rings. The molecule has 30 heavy (non-hydrogen) atoms. The minimum atomic E-state index is -0.807. The lowest BCUT2D eigenvalue weighted by Gasteiger charge is -2.19. The van der Waals surface area contributed by atoms with E-state index in [2.05, 4.69) is 19.1 Å². The summed E-state index contributed by atoms with van der Waals surface area (Å²) < 4.78 is 4.87. The van der Waals surface area contributed by atoms with Crippen LogP contribution in [0.2, 0.25) is 0 Å². The molecule has 4 nitrogen and oxygen atoms in total. The number of aryl methyl sites for hydroxylation is 1. The summed E-state index contributed by atoms with van der Waals surface area (Å²) in [6.45, 7) is 2.25. The van der Waals surface area contributed by atoms with Crippen molar-refractivity contribution in [3.05, 3.63) is 35.4 Å². The van der Waals surface area contributed by atoms with Gasteiger partial charge in [0.05, 0.1) is 20.0 Å². The van der Waals surface area contributed by atoms with Gasteiger partial charge in [0, 0.05) is 11.0 Å². The number of carboxylic acid groups (broad SMARTS) is 1. The highest BCUT2D eigenvalue weighted by atomic mass is 32.2. The third kappa shape index (κ3) is 12.3. The van der Waals surface area contributed by atoms with Crippen molar-refractivity contribution in [2.45, 2.75) is 95.6 Å². The van der Waals surface area contributed by atoms with E-state index in [9.17, 15) is 9.59 Å². The smallest absolute Gasteiger partial charge is 0.306 e. The summed E-state index contributed by atoms with van der Waals surface area (Å²) in [6.07, 6.45) is 14.5. The van der Waals surface area contributed by atoms with Crippen LogP contribution in [0, 0.1) is 0 Å². The maximum absolute atomic E-state index is 11.9. The molecule has 0 heterocycles. The molecule has 0 bridgehead atoms. The molecule has 1 N–H and O–H groups in total. The minimum Gasteiger partial charge on any atom is -0.481 e. The SMILES string of the molecule is CCCCCCCCCCCCc1ccccc1C(CC(=O)OC)SCCC(=O)O. The van der Waals surface area contributed by atoms with E-state index in [0.717, 1.165) is 18.4 Å². The summed E-state index contributed by atoms with van der Waals surface area (Å²) in [5.41, 5.74) is 2.42. The van der Waals surface area contributed by atoms with Crippen molar-refractivity contribution in [3.8, 4) is 0 Å². The van der Waals surface area contributed by atoms with Gasteiger partial charge in [0.2, 0.25) is 0 Å². The van der Waals surface area contributed by atoms with Crippen molar-refractivity contribution in [3.63, 3.8) is 0 Å². The number of aliphatic carboxylic acids is 1. The predicted octanol–water partition coefficient (Wildman–Crippen LogP) is 6.96. The third-order valence-electron chi connectivity index (χ3n) is 5.42. The van der Waals surface area contributed by atoms with Crippen molar-refractivity contribution in [1.82, 2.24) is 0 Å². The molecule has 1 aromatic carbocycles. The highest BCUT2D eigenvalue weighted by Gasteiger charge is 2.20. The number of thioether (sulfide) groups is 1. The highest BCUT2D eigenvalue weighted by molar-refractivity contribution is 7.99. The van der Waals surface area contributed by atoms with Crippen LogP contribution >= 0.6 is 11.8 Å². The van der Waals surface area contributed by atoms with Gasteiger partial charge in [0.1, 0.15) is 0 Å². The number of rotatable bonds is 18. The van der Waals surface area contributed by atoms with Gasteiger partial charge in [0.25, 0.3) is 0 Å². The minimum absolute atomic E-state index is 0.0591. The van der Waals surface area contributed by atoms with Crippen LogP contribution in [-0.2, 0) is 20.7 Å². The van der Waals surface area contributed by atoms with E-state index in [1.807, 2.05) is 12.1 Å². The molecule has 0 aliphatic carbocycles. The van der Waals surface area contributed by atoms with E-state index in [1.165, 1.54) is 82.2 Å². The van der Waals surface area contributed by atoms with Crippen LogP contribution in [0.5, 0.6) is 0 Å². The molecule has 0 radical (unpaired) electrons. The standard InChI is InChI=1S/C25H40O4S/c1-3-4-5-6-7-8-9-10-11-12-15-21-16-13-14-17-22(21)23(20-25(28)29-2)30-19-18-24(26)27/h13-14,16-17,23H,3-12,15,18-20H2,1-2H3,(H,26,27). The number of carbonyl (C=O) groups is 2. The number of carbonyl (C=O) groups excluding carboxylic acids is 1. The fraction of sp³-hybridized carbons (Fsp3) is 0.680. The van der Waals surface area contributed by atoms with E-state index in [0.29, 0.717) is 5.75 Å². The second-order valence-electron chi connectivity index (χ2n) is 7.91. The number of hydrogen-bond acceptors (Lipinski definition) is 4. The van der Waals surface area contributed by atoms with Gasteiger partial charge in [-0.05, 0) is 24.0 Å². The molecule has 0 saturated carbocycles. The molecule has 0 spiro atoms. The number of benzene rings is 1. The summed E-state index contributed by atoms with van der Waals surface area (Å²) in [4.78, 5) is 22.8. The van der Waals surface area contributed by atoms with E-state index in [4.69, 9.17) is 9.84 Å². The van der Waals surface area contributed by atoms with Gasteiger partial charge < -0.3 is 9.84 Å². The lowest BCUT2D eigenvalue weighted by atomic mass is 9.97. The lowest BCUT2D eigenvalue weighted by Crippen LogP contribution is -2.09. The van der Waals surface area contributed by atoms with Gasteiger partial charge in [0.15, 0.2) is 0 Å². The summed E-state index contributed by atoms with van der Waals surface area (Å²) >= 11 is 1.54. The lowest BCUT2D eigenvalue weighted by molar-refractivity contribution is -0.140. The van der Waals surface area contributed by atoms with Crippen LogP contribution in [0.3, 0.4) is 0 Å². The maximum Gasteiger partial charge on any atom is 0.306 e. The third-order valence-corrected chi connectivity index (χ3v) is 6.68. The van der Waals surface area contributed by atoms with Crippen molar-refractivity contribution >= 4 is 23.7 Å². The van der Waals surface area contributed by atoms with Crippen molar-refractivity contribution in [1.29, 1.82) is 0 Å². The van der Waals surface area contributed by atoms with E-state index in [-0.39, 0.29) is 24.1 Å². The van der Waals surface area contributed by atoms with Crippen molar-refractivity contribution in [2.24, 2.45) is 0 Å². The number of methoxy groups -OCH3 is 1. The van der Waals surface area contributed by atoms with Crippen molar-refractivity contribution < 1.29 is 19.4 Å². The summed E-state index contributed by atoms with van der Waals surface area (Å²) in [5, 5.41) is 8.87. The quantitative estimate of drug-likeness (QED) is 0.199. The number of hydrogen-bond donors (Lipinski definition) is 1. The zero-order chi connectivity index (χ0) is 22.0. The first-order valence-corrected chi connectivity index (χ1v) is 12.6. The second-order valence-corrected chi connectivity index (χ2v) is 9.22. The Morgan fingerprint density at radius 2 is 1.57 bits per heavy atom. The predicted molar refractivity (Wildman–Crippen MR) is 126 cm³/mol. The molecule has 1 aromatic rings. The number of ether oxygens (including phenoxy) is 1. The molecule has 0 saturated heterocycles. The Balaban J connectivity index is 2.48. The fourth-order valence-corrected chi connectivity index (χ4v) is 4.90. The monoisotopic (exact) mass is 436 g/mol. The van der Waals surface area contributed by atoms with Gasteiger partial charge in [-0.1, -0.05) is 89.0 Å². The summed E-state index contributed by atoms with van der Waals surface area (Å²) in [6, 6.07) is 8.27. The molecule has 1 atom stereocenters. The number of esters is 1. The van der Waals surface area contributed by atoms with E-state index in [1.54, 1.807) is 0 Å². The summed E-state index contributed by atoms with van der Waals surface area (Å²) in [5.74, 6) is -0.571. The highest BCUT2D eigenvalue weighted by Crippen LogP contribution is 2.35. The fourth-order valence-electron chi connectivity index (χ4n) is 3.66. The normalized spacial score (nSPS) is 11.9. The summed E-state index contributed by atoms with van der Waals surface area (Å²) in [7, 11) is 1.40. The first-order chi connectivity index (χ1) is 14.6. The average molecular weight is 437 g/mol. The topological polar surface area (TPSA) is 63.6 Å². The van der Waals surface area contributed by atoms with Crippen molar-refractivity contribution in [2.75, 3.05) is 12.9 Å². The molecule has 1 rings (SSSR count). The molecule has 1 unspecified atom stereocenters. The average Bonchev–Trinajstić information content (AvgIpc) is 2.74. The Bertz CT molecular complexity index is 603. The largest absolute Gasteiger partial charge is 0.481 e. The van der Waals surface area contributed by atoms with E-state index >= 15 is 0 Å². The molecule has 5 heteroatoms. The van der Waals surface area contributed by atoms with Crippen LogP contribution in [0.1, 0.15) is 100 Å². The molecule has 0 amide bonds. The first kappa shape index (κ1) is 26.5. The molecular formula is C25H40O4S. The van der Waals surface area contributed by atoms with Gasteiger partial charge in [-0.15, -0.1) is 0 Å². The molecule has 0 aromatic heterocycles. The Kier molecular flexibility index (Phi) is 15.2. The molecule has 0 fully saturated rings. The Hall–Kier alpha value is -1.49. The zero-order valence-corrected chi connectivity index (χ0v) is 19.7. The molecule has 170 valence electrons. The number of unbranched alkanes of at least 4 members (excludes halogenated alkanes) is 9. The molecular weight excluding hydrogens is 396 g/mol. The molecule has 0 aliphatic heterocycles. The zero-order valence-electron chi connectivity index (χ0n) is 18.9. The van der Waals surface area contributed by atoms with Gasteiger partial charge in [-0.2, -0.15) is 11.8 Å². The van der Waals surface area contributed by atoms with Crippen LogP contribution in [0.4, 0.5) is 0 Å². The van der Waals surface area contributed by atoms with Crippen LogP contribution in [0.25, 0.3) is 0 Å². The van der Waals surface area contributed by atoms with Gasteiger partial charge >= 0.3 is 11.9 Å². The number of carboxylic acids is 1. The maximum atomic E-state index is 11.9. The Morgan fingerprint density at radius 1 is 0.967 bits per heavy atom. The van der Waals surface area contributed by atoms with Gasteiger partial charge in [-0.25, -0.2) is 0 Å². The van der Waals surface area contributed by atoms with Crippen LogP contribution in [-0.4, -0.2) is 29.9 Å².